The monoisotopic (exact) mass is 491 g/mol. The van der Waals surface area contributed by atoms with Gasteiger partial charge in [0, 0.05) is 43.6 Å². The van der Waals surface area contributed by atoms with Gasteiger partial charge in [-0.15, -0.1) is 13.2 Å². The van der Waals surface area contributed by atoms with Crippen LogP contribution in [0, 0.1) is 0 Å². The zero-order valence-corrected chi connectivity index (χ0v) is 19.3. The normalized spacial score (nSPS) is 16.8. The van der Waals surface area contributed by atoms with Crippen molar-refractivity contribution >= 4 is 11.8 Å². The van der Waals surface area contributed by atoms with E-state index in [-0.39, 0.29) is 35.2 Å². The molecule has 1 saturated carbocycles. The molecule has 2 heterocycles. The Hall–Kier alpha value is -3.30. The first-order chi connectivity index (χ1) is 16.7. The summed E-state index contributed by atoms with van der Waals surface area (Å²) in [6.45, 7) is 0.848. The Kier molecular flexibility index (Phi) is 7.47. The van der Waals surface area contributed by atoms with E-state index in [1.54, 1.807) is 15.7 Å². The van der Waals surface area contributed by atoms with Gasteiger partial charge in [0.15, 0.2) is 0 Å². The summed E-state index contributed by atoms with van der Waals surface area (Å²) >= 11 is 0. The predicted molar refractivity (Wildman–Crippen MR) is 122 cm³/mol. The van der Waals surface area contributed by atoms with Crippen molar-refractivity contribution in [2.75, 3.05) is 13.1 Å². The zero-order chi connectivity index (χ0) is 25.0. The fourth-order valence-electron chi connectivity index (χ4n) is 4.74. The SMILES string of the molecule is O=C(NCc1ccccc1OC(F)(F)F)c1cn(C2CCCC2)cc(C(=O)N2CCCCC2)c1=O. The minimum Gasteiger partial charge on any atom is -0.405 e. The molecule has 1 aliphatic heterocycles. The van der Waals surface area contributed by atoms with Gasteiger partial charge in [0.1, 0.15) is 16.9 Å². The number of carbonyl (C=O) groups is 2. The van der Waals surface area contributed by atoms with E-state index in [4.69, 9.17) is 0 Å². The van der Waals surface area contributed by atoms with E-state index in [1.165, 1.54) is 24.4 Å². The molecule has 0 atom stereocenters. The summed E-state index contributed by atoms with van der Waals surface area (Å²) in [4.78, 5) is 41.1. The van der Waals surface area contributed by atoms with Gasteiger partial charge >= 0.3 is 6.36 Å². The first-order valence-electron chi connectivity index (χ1n) is 11.9. The van der Waals surface area contributed by atoms with Crippen LogP contribution in [0.25, 0.3) is 0 Å². The van der Waals surface area contributed by atoms with E-state index in [0.717, 1.165) is 51.0 Å². The number of hydrogen-bond acceptors (Lipinski definition) is 4. The van der Waals surface area contributed by atoms with Crippen LogP contribution in [-0.4, -0.2) is 40.7 Å². The lowest BCUT2D eigenvalue weighted by Gasteiger charge is -2.27. The fourth-order valence-corrected chi connectivity index (χ4v) is 4.74. The zero-order valence-electron chi connectivity index (χ0n) is 19.3. The summed E-state index contributed by atoms with van der Waals surface area (Å²) in [5.74, 6) is -1.57. The molecule has 1 saturated heterocycles. The predicted octanol–water partition coefficient (Wildman–Crippen LogP) is 4.42. The summed E-state index contributed by atoms with van der Waals surface area (Å²) in [6.07, 6.45) is 4.68. The van der Waals surface area contributed by atoms with E-state index in [2.05, 4.69) is 10.1 Å². The highest BCUT2D eigenvalue weighted by Gasteiger charge is 2.32. The second kappa shape index (κ2) is 10.5. The molecule has 2 aromatic rings. The Morgan fingerprint density at radius 2 is 1.63 bits per heavy atom. The van der Waals surface area contributed by atoms with Gasteiger partial charge in [0.2, 0.25) is 5.43 Å². The molecule has 1 aliphatic carbocycles. The van der Waals surface area contributed by atoms with E-state index in [9.17, 15) is 27.6 Å². The Morgan fingerprint density at radius 3 is 2.31 bits per heavy atom. The molecule has 1 aromatic heterocycles. The highest BCUT2D eigenvalue weighted by molar-refractivity contribution is 5.99. The van der Waals surface area contributed by atoms with Gasteiger partial charge in [-0.25, -0.2) is 0 Å². The van der Waals surface area contributed by atoms with Crippen molar-refractivity contribution < 1.29 is 27.5 Å². The van der Waals surface area contributed by atoms with E-state index < -0.39 is 23.4 Å². The smallest absolute Gasteiger partial charge is 0.405 e. The van der Waals surface area contributed by atoms with Gasteiger partial charge in [-0.05, 0) is 38.2 Å². The standard InChI is InChI=1S/C25H28F3N3O4/c26-25(27,28)35-21-11-5-2-8-17(21)14-29-23(33)19-15-31(18-9-3-4-10-18)16-20(22(19)32)24(34)30-12-6-1-7-13-30/h2,5,8,11,15-16,18H,1,3-4,6-7,9-10,12-14H2,(H,29,33). The van der Waals surface area contributed by atoms with E-state index in [0.29, 0.717) is 13.1 Å². The Balaban J connectivity index is 1.61. The van der Waals surface area contributed by atoms with E-state index in [1.807, 2.05) is 0 Å². The lowest BCUT2D eigenvalue weighted by Crippen LogP contribution is -2.40. The molecule has 7 nitrogen and oxygen atoms in total. The molecule has 0 unspecified atom stereocenters. The third-order valence-corrected chi connectivity index (χ3v) is 6.55. The number of hydrogen-bond donors (Lipinski definition) is 1. The molecule has 2 aliphatic rings. The van der Waals surface area contributed by atoms with Crippen molar-refractivity contribution in [3.8, 4) is 5.75 Å². The first kappa shape index (κ1) is 24.8. The van der Waals surface area contributed by atoms with Gasteiger partial charge in [-0.3, -0.25) is 14.4 Å². The van der Waals surface area contributed by atoms with Crippen molar-refractivity contribution in [3.05, 3.63) is 63.6 Å². The number of carbonyl (C=O) groups excluding carboxylic acids is 2. The van der Waals surface area contributed by atoms with Crippen molar-refractivity contribution in [1.29, 1.82) is 0 Å². The summed E-state index contributed by atoms with van der Waals surface area (Å²) < 4.78 is 44.0. The molecule has 1 aromatic carbocycles. The van der Waals surface area contributed by atoms with Gasteiger partial charge in [-0.1, -0.05) is 31.0 Å². The van der Waals surface area contributed by atoms with Crippen LogP contribution in [-0.2, 0) is 6.54 Å². The molecule has 10 heteroatoms. The molecule has 0 radical (unpaired) electrons. The lowest BCUT2D eigenvalue weighted by atomic mass is 10.1. The number of piperidine rings is 1. The van der Waals surface area contributed by atoms with Crippen LogP contribution in [0.15, 0.2) is 41.5 Å². The Bertz CT molecular complexity index is 1130. The first-order valence-corrected chi connectivity index (χ1v) is 11.9. The number of benzene rings is 1. The molecule has 1 N–H and O–H groups in total. The van der Waals surface area contributed by atoms with Gasteiger partial charge in [0.05, 0.1) is 0 Å². The van der Waals surface area contributed by atoms with Crippen LogP contribution >= 0.6 is 0 Å². The number of likely N-dealkylation sites (tertiary alicyclic amines) is 1. The number of ether oxygens (including phenoxy) is 1. The number of pyridine rings is 1. The average molecular weight is 492 g/mol. The van der Waals surface area contributed by atoms with Crippen molar-refractivity contribution in [2.24, 2.45) is 0 Å². The second-order valence-corrected chi connectivity index (χ2v) is 8.99. The third-order valence-electron chi connectivity index (χ3n) is 6.55. The fraction of sp³-hybridized carbons (Fsp3) is 0.480. The van der Waals surface area contributed by atoms with Gasteiger partial charge in [0.25, 0.3) is 11.8 Å². The second-order valence-electron chi connectivity index (χ2n) is 8.99. The average Bonchev–Trinajstić information content (AvgIpc) is 3.38. The maximum atomic E-state index is 13.2. The summed E-state index contributed by atoms with van der Waals surface area (Å²) in [5.41, 5.74) is -0.816. The topological polar surface area (TPSA) is 80.6 Å². The number of alkyl halides is 3. The molecular weight excluding hydrogens is 463 g/mol. The third kappa shape index (κ3) is 6.04. The van der Waals surface area contributed by atoms with Crippen molar-refractivity contribution in [1.82, 2.24) is 14.8 Å². The van der Waals surface area contributed by atoms with Crippen LogP contribution in [0.2, 0.25) is 0 Å². The number of halogens is 3. The number of para-hydroxylation sites is 1. The maximum absolute atomic E-state index is 13.2. The number of nitrogens with zero attached hydrogens (tertiary/aromatic N) is 2. The summed E-state index contributed by atoms with van der Waals surface area (Å²) in [7, 11) is 0. The minimum atomic E-state index is -4.88. The number of amides is 2. The van der Waals surface area contributed by atoms with Crippen LogP contribution in [0.5, 0.6) is 5.75 Å². The minimum absolute atomic E-state index is 0.0488. The Morgan fingerprint density at radius 1 is 0.971 bits per heavy atom. The number of nitrogens with one attached hydrogen (secondary N) is 1. The highest BCUT2D eigenvalue weighted by atomic mass is 19.4. The quantitative estimate of drug-likeness (QED) is 0.649. The summed E-state index contributed by atoms with van der Waals surface area (Å²) in [6, 6.07) is 5.54. The molecule has 2 fully saturated rings. The molecule has 188 valence electrons. The maximum Gasteiger partial charge on any atom is 0.573 e. The van der Waals surface area contributed by atoms with Crippen LogP contribution in [0.4, 0.5) is 13.2 Å². The molecule has 35 heavy (non-hydrogen) atoms. The van der Waals surface area contributed by atoms with Crippen LogP contribution in [0.3, 0.4) is 0 Å². The van der Waals surface area contributed by atoms with Crippen molar-refractivity contribution in [3.63, 3.8) is 0 Å². The number of rotatable bonds is 6. The molecule has 2 amide bonds. The molecule has 0 bridgehead atoms. The highest BCUT2D eigenvalue weighted by Crippen LogP contribution is 2.30. The van der Waals surface area contributed by atoms with Crippen LogP contribution < -0.4 is 15.5 Å². The molecule has 4 rings (SSSR count). The van der Waals surface area contributed by atoms with E-state index >= 15 is 0 Å². The molecular formula is C25H28F3N3O4. The lowest BCUT2D eigenvalue weighted by molar-refractivity contribution is -0.274. The number of aromatic nitrogens is 1. The summed E-state index contributed by atoms with van der Waals surface area (Å²) in [5, 5.41) is 2.52. The molecule has 0 spiro atoms. The van der Waals surface area contributed by atoms with Crippen molar-refractivity contribution in [2.45, 2.75) is 63.9 Å². The Labute approximate surface area is 200 Å². The van der Waals surface area contributed by atoms with Gasteiger partial charge in [-0.2, -0.15) is 0 Å². The van der Waals surface area contributed by atoms with Gasteiger partial charge < -0.3 is 19.5 Å². The largest absolute Gasteiger partial charge is 0.573 e. The van der Waals surface area contributed by atoms with Crippen LogP contribution in [0.1, 0.15) is 77.3 Å².